The van der Waals surface area contributed by atoms with Crippen molar-refractivity contribution in [2.24, 2.45) is 5.92 Å². The van der Waals surface area contributed by atoms with Crippen molar-refractivity contribution in [3.8, 4) is 0 Å². The maximum Gasteiger partial charge on any atom is 0.412 e. The van der Waals surface area contributed by atoms with Crippen molar-refractivity contribution in [3.05, 3.63) is 22.8 Å². The summed E-state index contributed by atoms with van der Waals surface area (Å²) >= 11 is 5.63. The largest absolute Gasteiger partial charge is 0.412 e. The van der Waals surface area contributed by atoms with Gasteiger partial charge < -0.3 is 0 Å². The van der Waals surface area contributed by atoms with E-state index in [0.29, 0.717) is 5.03 Å². The van der Waals surface area contributed by atoms with Gasteiger partial charge in [-0.3, -0.25) is 0 Å². The lowest BCUT2D eigenvalue weighted by Gasteiger charge is -2.19. The van der Waals surface area contributed by atoms with E-state index in [1.54, 1.807) is 6.92 Å². The normalized spacial score (nSPS) is 24.9. The van der Waals surface area contributed by atoms with Gasteiger partial charge in [-0.15, -0.1) is 0 Å². The number of hydrogen-bond acceptors (Lipinski definition) is 0. The Kier molecular flexibility index (Phi) is 2.52. The van der Waals surface area contributed by atoms with Gasteiger partial charge in [0.2, 0.25) is 0 Å². The van der Waals surface area contributed by atoms with Gasteiger partial charge in [0.1, 0.15) is 0 Å². The molecule has 0 saturated carbocycles. The molecule has 68 valence electrons. The first-order valence-electron chi connectivity index (χ1n) is 3.54. The monoisotopic (exact) mass is 196 g/mol. The summed E-state index contributed by atoms with van der Waals surface area (Å²) in [5.41, 5.74) is -0.501. The molecule has 0 fully saturated rings. The molecule has 1 aliphatic rings. The molecule has 0 radical (unpaired) electrons. The summed E-state index contributed by atoms with van der Waals surface area (Å²) < 4.78 is 36.3. The fraction of sp³-hybridized carbons (Fsp3) is 0.500. The van der Waals surface area contributed by atoms with Crippen LogP contribution in [0.5, 0.6) is 0 Å². The molecule has 4 heteroatoms. The number of allylic oxidation sites excluding steroid dienone is 4. The lowest BCUT2D eigenvalue weighted by atomic mass is 9.95. The summed E-state index contributed by atoms with van der Waals surface area (Å²) in [5.74, 6) is -0.215. The summed E-state index contributed by atoms with van der Waals surface area (Å²) in [6.07, 6.45) is -1.86. The second-order valence-corrected chi connectivity index (χ2v) is 3.28. The molecule has 0 spiro atoms. The van der Waals surface area contributed by atoms with Gasteiger partial charge in [-0.2, -0.15) is 13.2 Å². The van der Waals surface area contributed by atoms with Crippen LogP contribution in [-0.2, 0) is 0 Å². The van der Waals surface area contributed by atoms with E-state index in [0.717, 1.165) is 6.08 Å². The Morgan fingerprint density at radius 2 is 2.00 bits per heavy atom. The van der Waals surface area contributed by atoms with E-state index >= 15 is 0 Å². The smallest absolute Gasteiger partial charge is 0.166 e. The van der Waals surface area contributed by atoms with Crippen LogP contribution in [0, 0.1) is 5.92 Å². The van der Waals surface area contributed by atoms with Crippen LogP contribution in [0.2, 0.25) is 0 Å². The maximum absolute atomic E-state index is 12.1. The minimum absolute atomic E-state index is 0.0150. The van der Waals surface area contributed by atoms with Gasteiger partial charge in [0, 0.05) is 10.6 Å². The van der Waals surface area contributed by atoms with Crippen molar-refractivity contribution in [1.29, 1.82) is 0 Å². The van der Waals surface area contributed by atoms with Crippen molar-refractivity contribution >= 4 is 11.6 Å². The molecule has 0 amide bonds. The molecule has 0 aromatic carbocycles. The predicted octanol–water partition coefficient (Wildman–Crippen LogP) is 3.64. The number of halogens is 4. The Bertz CT molecular complexity index is 237. The van der Waals surface area contributed by atoms with Crippen molar-refractivity contribution in [2.75, 3.05) is 0 Å². The van der Waals surface area contributed by atoms with E-state index in [2.05, 4.69) is 0 Å². The highest BCUT2D eigenvalue weighted by Gasteiger charge is 2.35. The van der Waals surface area contributed by atoms with E-state index in [9.17, 15) is 13.2 Å². The minimum Gasteiger partial charge on any atom is -0.166 e. The molecule has 1 atom stereocenters. The van der Waals surface area contributed by atoms with Crippen LogP contribution >= 0.6 is 11.6 Å². The average Bonchev–Trinajstić information content (AvgIpc) is 1.92. The molecule has 0 N–H and O–H groups in total. The van der Waals surface area contributed by atoms with Crippen molar-refractivity contribution in [3.63, 3.8) is 0 Å². The van der Waals surface area contributed by atoms with Crippen LogP contribution in [0.15, 0.2) is 22.8 Å². The van der Waals surface area contributed by atoms with E-state index in [1.807, 2.05) is 0 Å². The zero-order valence-corrected chi connectivity index (χ0v) is 7.21. The zero-order valence-electron chi connectivity index (χ0n) is 6.45. The third-order valence-electron chi connectivity index (χ3n) is 1.80. The quantitative estimate of drug-likeness (QED) is 0.555. The molecule has 1 aliphatic carbocycles. The maximum atomic E-state index is 12.1. The van der Waals surface area contributed by atoms with Crippen LogP contribution in [0.4, 0.5) is 13.2 Å². The Morgan fingerprint density at radius 3 is 2.42 bits per heavy atom. The number of alkyl halides is 3. The Labute approximate surface area is 73.7 Å². The molecule has 1 rings (SSSR count). The fourth-order valence-corrected chi connectivity index (χ4v) is 1.19. The third-order valence-corrected chi connectivity index (χ3v) is 2.30. The molecule has 1 unspecified atom stereocenters. The fourth-order valence-electron chi connectivity index (χ4n) is 1.05. The molecule has 12 heavy (non-hydrogen) atoms. The van der Waals surface area contributed by atoms with Gasteiger partial charge in [0.15, 0.2) is 0 Å². The van der Waals surface area contributed by atoms with Crippen molar-refractivity contribution < 1.29 is 13.2 Å². The second-order valence-electron chi connectivity index (χ2n) is 2.85. The van der Waals surface area contributed by atoms with Gasteiger partial charge in [-0.1, -0.05) is 24.6 Å². The summed E-state index contributed by atoms with van der Waals surface area (Å²) in [4.78, 5) is 0. The Hall–Kier alpha value is -0.440. The van der Waals surface area contributed by atoms with Crippen LogP contribution in [0.3, 0.4) is 0 Å². The molecular formula is C8H8ClF3. The molecule has 0 heterocycles. The summed E-state index contributed by atoms with van der Waals surface area (Å²) in [5, 5.41) is 0.489. The number of rotatable bonds is 0. The van der Waals surface area contributed by atoms with Gasteiger partial charge >= 0.3 is 6.18 Å². The van der Waals surface area contributed by atoms with Crippen molar-refractivity contribution in [2.45, 2.75) is 19.5 Å². The highest BCUT2D eigenvalue weighted by atomic mass is 35.5. The molecular weight excluding hydrogens is 189 g/mol. The highest BCUT2D eigenvalue weighted by molar-refractivity contribution is 6.30. The average molecular weight is 197 g/mol. The zero-order chi connectivity index (χ0) is 9.35. The van der Waals surface area contributed by atoms with E-state index in [1.165, 1.54) is 6.08 Å². The van der Waals surface area contributed by atoms with Crippen molar-refractivity contribution in [1.82, 2.24) is 0 Å². The SMILES string of the molecule is CC1CC(C(F)(F)F)=CC=C1Cl. The standard InChI is InChI=1S/C8H8ClF3/c1-5-4-6(8(10,11)12)2-3-7(5)9/h2-3,5H,4H2,1H3. The van der Waals surface area contributed by atoms with E-state index in [-0.39, 0.29) is 12.3 Å². The predicted molar refractivity (Wildman–Crippen MR) is 41.9 cm³/mol. The van der Waals surface area contributed by atoms with Crippen LogP contribution in [0.25, 0.3) is 0 Å². The topological polar surface area (TPSA) is 0 Å². The minimum atomic E-state index is -4.21. The Balaban J connectivity index is 2.84. The second kappa shape index (κ2) is 3.13. The first-order chi connectivity index (χ1) is 5.41. The molecule has 0 saturated heterocycles. The number of hydrogen-bond donors (Lipinski definition) is 0. The molecule has 0 aromatic rings. The lowest BCUT2D eigenvalue weighted by Crippen LogP contribution is -2.16. The van der Waals surface area contributed by atoms with Crippen LogP contribution in [0.1, 0.15) is 13.3 Å². The first kappa shape index (κ1) is 9.65. The molecule has 0 aromatic heterocycles. The summed E-state index contributed by atoms with van der Waals surface area (Å²) in [6, 6.07) is 0. The van der Waals surface area contributed by atoms with Crippen LogP contribution < -0.4 is 0 Å². The lowest BCUT2D eigenvalue weighted by molar-refractivity contribution is -0.0949. The van der Waals surface area contributed by atoms with Gasteiger partial charge in [0.25, 0.3) is 0 Å². The highest BCUT2D eigenvalue weighted by Crippen LogP contribution is 2.36. The van der Waals surface area contributed by atoms with Crippen LogP contribution in [-0.4, -0.2) is 6.18 Å². The van der Waals surface area contributed by atoms with E-state index < -0.39 is 11.7 Å². The van der Waals surface area contributed by atoms with Gasteiger partial charge in [-0.25, -0.2) is 0 Å². The summed E-state index contributed by atoms with van der Waals surface area (Å²) in [6.45, 7) is 1.68. The Morgan fingerprint density at radius 1 is 1.42 bits per heavy atom. The van der Waals surface area contributed by atoms with E-state index in [4.69, 9.17) is 11.6 Å². The third kappa shape index (κ3) is 2.03. The van der Waals surface area contributed by atoms with Gasteiger partial charge in [-0.05, 0) is 18.4 Å². The molecule has 0 nitrogen and oxygen atoms in total. The molecule has 0 aliphatic heterocycles. The molecule has 0 bridgehead atoms. The first-order valence-corrected chi connectivity index (χ1v) is 3.92. The summed E-state index contributed by atoms with van der Waals surface area (Å²) in [7, 11) is 0. The van der Waals surface area contributed by atoms with Gasteiger partial charge in [0.05, 0.1) is 0 Å².